The Bertz CT molecular complexity index is 568. The number of nitrogens with zero attached hydrogens (tertiary/aromatic N) is 1. The molecular weight excluding hydrogens is 314 g/mol. The topological polar surface area (TPSA) is 85.9 Å². The van der Waals surface area contributed by atoms with E-state index in [1.807, 2.05) is 39.8 Å². The van der Waals surface area contributed by atoms with E-state index in [-0.39, 0.29) is 0 Å². The van der Waals surface area contributed by atoms with Crippen LogP contribution in [0.2, 0.25) is 0 Å². The number of nitrogens with two attached hydrogens (primary N) is 1. The summed E-state index contributed by atoms with van der Waals surface area (Å²) >= 11 is 1.46. The third kappa shape index (κ3) is 7.27. The Hall–Kier alpha value is -1.89. The second-order valence-electron chi connectivity index (χ2n) is 5.74. The molecule has 0 radical (unpaired) electrons. The Balaban J connectivity index is 2.81. The van der Waals surface area contributed by atoms with Gasteiger partial charge in [0.15, 0.2) is 5.17 Å². The van der Waals surface area contributed by atoms with E-state index in [1.165, 1.54) is 11.8 Å². The van der Waals surface area contributed by atoms with E-state index >= 15 is 0 Å². The monoisotopic (exact) mass is 339 g/mol. The van der Waals surface area contributed by atoms with Crippen LogP contribution in [0.5, 0.6) is 5.75 Å². The molecule has 1 rings (SSSR count). The summed E-state index contributed by atoms with van der Waals surface area (Å²) in [5, 5.41) is 3.19. The summed E-state index contributed by atoms with van der Waals surface area (Å²) in [5.74, 6) is 1.48. The van der Waals surface area contributed by atoms with Crippen LogP contribution in [0.1, 0.15) is 33.3 Å². The van der Waals surface area contributed by atoms with Gasteiger partial charge in [-0.15, -0.1) is 0 Å². The lowest BCUT2D eigenvalue weighted by molar-refractivity contribution is 0.0523. The van der Waals surface area contributed by atoms with E-state index in [2.05, 4.69) is 10.3 Å². The lowest BCUT2D eigenvalue weighted by atomic mass is 10.2. The third-order valence-electron chi connectivity index (χ3n) is 2.60. The predicted molar refractivity (Wildman–Crippen MR) is 95.5 cm³/mol. The molecule has 0 unspecified atom stereocenters. The van der Waals surface area contributed by atoms with Crippen molar-refractivity contribution >= 4 is 28.7 Å². The Kier molecular flexibility index (Phi) is 7.22. The molecule has 3 N–H and O–H groups in total. The minimum Gasteiger partial charge on any atom is -0.494 e. The highest BCUT2D eigenvalue weighted by Gasteiger charge is 2.15. The van der Waals surface area contributed by atoms with Gasteiger partial charge in [0.2, 0.25) is 0 Å². The molecule has 0 saturated heterocycles. The molecule has 0 aliphatic carbocycles. The van der Waals surface area contributed by atoms with Crippen molar-refractivity contribution in [1.82, 2.24) is 5.32 Å². The van der Waals surface area contributed by atoms with Crippen molar-refractivity contribution in [2.75, 3.05) is 12.9 Å². The molecule has 23 heavy (non-hydrogen) atoms. The van der Waals surface area contributed by atoms with E-state index in [9.17, 15) is 4.79 Å². The molecule has 6 nitrogen and oxygen atoms in total. The van der Waals surface area contributed by atoms with Gasteiger partial charge in [0.25, 0.3) is 0 Å². The maximum Gasteiger partial charge on any atom is 0.407 e. The highest BCUT2D eigenvalue weighted by molar-refractivity contribution is 8.13. The Labute approximate surface area is 141 Å². The number of carbonyl (C=O) groups excluding carboxylic acids is 1. The van der Waals surface area contributed by atoms with Gasteiger partial charge in [0.05, 0.1) is 7.11 Å². The molecule has 1 aromatic rings. The van der Waals surface area contributed by atoms with Crippen LogP contribution >= 0.6 is 11.8 Å². The van der Waals surface area contributed by atoms with Crippen molar-refractivity contribution in [3.63, 3.8) is 0 Å². The number of amides is 1. The summed E-state index contributed by atoms with van der Waals surface area (Å²) < 4.78 is 10.5. The van der Waals surface area contributed by atoms with Crippen LogP contribution in [-0.2, 0) is 11.3 Å². The van der Waals surface area contributed by atoms with Gasteiger partial charge in [-0.05, 0) is 44.2 Å². The Morgan fingerprint density at radius 3 is 2.65 bits per heavy atom. The summed E-state index contributed by atoms with van der Waals surface area (Å²) in [6.07, 6.45) is -0.459. The number of thioether (sulfide) groups is 1. The van der Waals surface area contributed by atoms with Crippen molar-refractivity contribution in [3.05, 3.63) is 23.8 Å². The highest BCUT2D eigenvalue weighted by atomic mass is 32.2. The summed E-state index contributed by atoms with van der Waals surface area (Å²) in [5.41, 5.74) is 6.84. The molecular formula is C16H25N3O3S. The van der Waals surface area contributed by atoms with Gasteiger partial charge >= 0.3 is 6.09 Å². The van der Waals surface area contributed by atoms with Crippen LogP contribution in [0, 0.1) is 0 Å². The average Bonchev–Trinajstić information content (AvgIpc) is 2.44. The molecule has 128 valence electrons. The number of hydrogen-bond acceptors (Lipinski definition) is 5. The van der Waals surface area contributed by atoms with Crippen LogP contribution in [0.4, 0.5) is 10.5 Å². The number of ether oxygens (including phenoxy) is 2. The Morgan fingerprint density at radius 2 is 2.09 bits per heavy atom. The van der Waals surface area contributed by atoms with Crippen LogP contribution in [0.25, 0.3) is 0 Å². The maximum absolute atomic E-state index is 11.7. The van der Waals surface area contributed by atoms with E-state index in [1.54, 1.807) is 13.2 Å². The zero-order chi connectivity index (χ0) is 17.5. The van der Waals surface area contributed by atoms with Gasteiger partial charge < -0.3 is 20.5 Å². The van der Waals surface area contributed by atoms with Crippen LogP contribution in [-0.4, -0.2) is 29.7 Å². The van der Waals surface area contributed by atoms with Gasteiger partial charge in [0, 0.05) is 6.54 Å². The largest absolute Gasteiger partial charge is 0.494 e. The van der Waals surface area contributed by atoms with Gasteiger partial charge in [-0.25, -0.2) is 9.79 Å². The molecule has 0 atom stereocenters. The summed E-state index contributed by atoms with van der Waals surface area (Å²) in [6.45, 7) is 7.80. The number of methoxy groups -OCH3 is 1. The molecule has 0 fully saturated rings. The third-order valence-corrected chi connectivity index (χ3v) is 3.28. The summed E-state index contributed by atoms with van der Waals surface area (Å²) in [4.78, 5) is 16.0. The zero-order valence-electron chi connectivity index (χ0n) is 14.3. The standard InChI is InChI=1S/C16H25N3O3S/c1-6-23-14(17)19-12-9-11(7-8-13(12)21-5)10-18-15(20)22-16(2,3)4/h7-9H,6,10H2,1-5H3,(H2,17,19)(H,18,20). The molecule has 7 heteroatoms. The smallest absolute Gasteiger partial charge is 0.407 e. The van der Waals surface area contributed by atoms with Crippen molar-refractivity contribution in [3.8, 4) is 5.75 Å². The van der Waals surface area contributed by atoms with Crippen molar-refractivity contribution < 1.29 is 14.3 Å². The van der Waals surface area contributed by atoms with Crippen molar-refractivity contribution in [2.24, 2.45) is 10.7 Å². The maximum atomic E-state index is 11.7. The number of benzene rings is 1. The van der Waals surface area contributed by atoms with Crippen molar-refractivity contribution in [1.29, 1.82) is 0 Å². The summed E-state index contributed by atoms with van der Waals surface area (Å²) in [7, 11) is 1.58. The average molecular weight is 339 g/mol. The number of alkyl carbamates (subject to hydrolysis) is 1. The lowest BCUT2D eigenvalue weighted by Gasteiger charge is -2.19. The predicted octanol–water partition coefficient (Wildman–Crippen LogP) is 3.42. The van der Waals surface area contributed by atoms with E-state index in [4.69, 9.17) is 15.2 Å². The molecule has 1 aromatic carbocycles. The fourth-order valence-electron chi connectivity index (χ4n) is 1.72. The highest BCUT2D eigenvalue weighted by Crippen LogP contribution is 2.29. The molecule has 0 aliphatic rings. The second-order valence-corrected chi connectivity index (χ2v) is 7.03. The number of amidine groups is 1. The molecule has 1 amide bonds. The molecule has 0 aliphatic heterocycles. The van der Waals surface area contributed by atoms with Crippen molar-refractivity contribution in [2.45, 2.75) is 39.8 Å². The molecule has 0 spiro atoms. The van der Waals surface area contributed by atoms with Crippen LogP contribution < -0.4 is 15.8 Å². The van der Waals surface area contributed by atoms with Crippen LogP contribution in [0.15, 0.2) is 23.2 Å². The SMILES string of the molecule is CCSC(N)=Nc1cc(CNC(=O)OC(C)(C)C)ccc1OC. The number of nitrogens with one attached hydrogen (secondary N) is 1. The number of carbonyl (C=O) groups is 1. The molecule has 0 saturated carbocycles. The molecule has 0 aromatic heterocycles. The quantitative estimate of drug-likeness (QED) is 0.634. The van der Waals surface area contributed by atoms with Gasteiger partial charge in [-0.2, -0.15) is 0 Å². The van der Waals surface area contributed by atoms with E-state index < -0.39 is 11.7 Å². The lowest BCUT2D eigenvalue weighted by Crippen LogP contribution is -2.32. The fraction of sp³-hybridized carbons (Fsp3) is 0.500. The van der Waals surface area contributed by atoms with E-state index in [0.717, 1.165) is 11.3 Å². The normalized spacial score (nSPS) is 12.0. The number of hydrogen-bond donors (Lipinski definition) is 2. The zero-order valence-corrected chi connectivity index (χ0v) is 15.1. The number of rotatable bonds is 5. The minimum atomic E-state index is -0.523. The first-order chi connectivity index (χ1) is 10.7. The number of aliphatic imine (C=N–C) groups is 1. The molecule has 0 heterocycles. The van der Waals surface area contributed by atoms with E-state index in [0.29, 0.717) is 23.1 Å². The first-order valence-corrected chi connectivity index (χ1v) is 8.34. The van der Waals surface area contributed by atoms with Gasteiger partial charge in [-0.1, -0.05) is 24.8 Å². The second kappa shape index (κ2) is 8.67. The first-order valence-electron chi connectivity index (χ1n) is 7.36. The first kappa shape index (κ1) is 19.2. The Morgan fingerprint density at radius 1 is 1.39 bits per heavy atom. The van der Waals surface area contributed by atoms with Gasteiger partial charge in [0.1, 0.15) is 17.0 Å². The minimum absolute atomic E-state index is 0.336. The molecule has 0 bridgehead atoms. The fourth-order valence-corrected chi connectivity index (χ4v) is 2.18. The van der Waals surface area contributed by atoms with Gasteiger partial charge in [-0.3, -0.25) is 0 Å². The van der Waals surface area contributed by atoms with Crippen LogP contribution in [0.3, 0.4) is 0 Å². The summed E-state index contributed by atoms with van der Waals surface area (Å²) in [6, 6.07) is 5.49.